The molecule has 2 fully saturated rings. The Morgan fingerprint density at radius 1 is 1.27 bits per heavy atom. The van der Waals surface area contributed by atoms with E-state index >= 15 is 0 Å². The van der Waals surface area contributed by atoms with E-state index in [-0.39, 0.29) is 12.1 Å². The lowest BCUT2D eigenvalue weighted by Crippen LogP contribution is -2.47. The number of hydrogen-bond acceptors (Lipinski definition) is 4. The van der Waals surface area contributed by atoms with Crippen molar-refractivity contribution in [3.05, 3.63) is 24.3 Å². The fraction of sp³-hybridized carbons (Fsp3) is 0.650. The molecule has 2 aliphatic heterocycles. The van der Waals surface area contributed by atoms with Gasteiger partial charge >= 0.3 is 6.03 Å². The second kappa shape index (κ2) is 10.2. The van der Waals surface area contributed by atoms with E-state index in [9.17, 15) is 4.79 Å². The van der Waals surface area contributed by atoms with Gasteiger partial charge in [0.05, 0.1) is 11.8 Å². The highest BCUT2D eigenvalue weighted by Gasteiger charge is 2.24. The molecule has 1 aromatic carbocycles. The first-order valence-electron chi connectivity index (χ1n) is 9.88. The van der Waals surface area contributed by atoms with Crippen molar-refractivity contribution in [2.45, 2.75) is 56.1 Å². The first-order chi connectivity index (χ1) is 12.7. The predicted molar refractivity (Wildman–Crippen MR) is 108 cm³/mol. The third-order valence-corrected chi connectivity index (χ3v) is 6.28. The molecule has 0 aromatic heterocycles. The number of carbonyl (C=O) groups excluding carboxylic acids is 1. The minimum Gasteiger partial charge on any atom is -0.377 e. The van der Waals surface area contributed by atoms with E-state index in [4.69, 9.17) is 4.74 Å². The summed E-state index contributed by atoms with van der Waals surface area (Å²) in [6.45, 7) is 6.20. The molecule has 2 saturated heterocycles. The minimum absolute atomic E-state index is 0.0906. The lowest BCUT2D eigenvalue weighted by atomic mass is 10.0. The van der Waals surface area contributed by atoms with Gasteiger partial charge in [0.25, 0.3) is 0 Å². The molecule has 0 saturated carbocycles. The molecule has 1 aromatic rings. The van der Waals surface area contributed by atoms with E-state index in [2.05, 4.69) is 28.5 Å². The van der Waals surface area contributed by atoms with Crippen LogP contribution in [0.3, 0.4) is 0 Å². The van der Waals surface area contributed by atoms with Crippen molar-refractivity contribution in [2.75, 3.05) is 37.3 Å². The summed E-state index contributed by atoms with van der Waals surface area (Å²) < 4.78 is 5.73. The zero-order valence-electron chi connectivity index (χ0n) is 15.7. The maximum Gasteiger partial charge on any atom is 0.319 e. The average Bonchev–Trinajstić information content (AvgIpc) is 3.16. The van der Waals surface area contributed by atoms with Crippen LogP contribution in [0.2, 0.25) is 0 Å². The number of para-hydroxylation sites is 1. The van der Waals surface area contributed by atoms with E-state index in [1.54, 1.807) is 11.8 Å². The van der Waals surface area contributed by atoms with Gasteiger partial charge < -0.3 is 20.3 Å². The second-order valence-electron chi connectivity index (χ2n) is 7.15. The molecule has 2 N–H and O–H groups in total. The van der Waals surface area contributed by atoms with Gasteiger partial charge in [0, 0.05) is 37.2 Å². The molecular formula is C20H31N3O2S. The van der Waals surface area contributed by atoms with Crippen LogP contribution >= 0.6 is 11.8 Å². The van der Waals surface area contributed by atoms with Gasteiger partial charge in [0.2, 0.25) is 0 Å². The van der Waals surface area contributed by atoms with Crippen LogP contribution in [-0.4, -0.2) is 55.1 Å². The molecule has 0 radical (unpaired) electrons. The van der Waals surface area contributed by atoms with Gasteiger partial charge in [0.1, 0.15) is 0 Å². The third kappa shape index (κ3) is 5.89. The Morgan fingerprint density at radius 2 is 2.08 bits per heavy atom. The van der Waals surface area contributed by atoms with Gasteiger partial charge in [-0.2, -0.15) is 0 Å². The summed E-state index contributed by atoms with van der Waals surface area (Å²) in [6.07, 6.45) is 5.94. The molecule has 5 nitrogen and oxygen atoms in total. The van der Waals surface area contributed by atoms with Gasteiger partial charge in [0.15, 0.2) is 0 Å². The number of thioether (sulfide) groups is 1. The monoisotopic (exact) mass is 377 g/mol. The maximum atomic E-state index is 12.4. The molecule has 2 aliphatic rings. The van der Waals surface area contributed by atoms with Gasteiger partial charge in [-0.1, -0.05) is 19.1 Å². The molecule has 26 heavy (non-hydrogen) atoms. The number of likely N-dealkylation sites (tertiary alicyclic amines) is 1. The van der Waals surface area contributed by atoms with E-state index in [1.165, 1.54) is 12.8 Å². The van der Waals surface area contributed by atoms with Crippen LogP contribution in [0.1, 0.15) is 39.0 Å². The Morgan fingerprint density at radius 3 is 2.81 bits per heavy atom. The molecular weight excluding hydrogens is 346 g/mol. The van der Waals surface area contributed by atoms with Gasteiger partial charge in [-0.3, -0.25) is 0 Å². The van der Waals surface area contributed by atoms with Crippen LogP contribution in [0.4, 0.5) is 10.5 Å². The Labute approximate surface area is 161 Å². The standard InChI is InChI=1S/C20H31N3O2S/c1-2-14-26-19-8-4-3-7-18(19)22-20(24)21-16-9-11-23(12-10-16)15-17-6-5-13-25-17/h3-4,7-8,16-17H,2,5-6,9-15H2,1H3,(H2,21,22,24)/t17-/m1/s1. The van der Waals surface area contributed by atoms with Crippen molar-refractivity contribution in [1.82, 2.24) is 10.2 Å². The number of benzene rings is 1. The Balaban J connectivity index is 1.41. The summed E-state index contributed by atoms with van der Waals surface area (Å²) in [5.74, 6) is 1.06. The smallest absolute Gasteiger partial charge is 0.319 e. The minimum atomic E-state index is -0.0906. The van der Waals surface area contributed by atoms with Crippen molar-refractivity contribution < 1.29 is 9.53 Å². The predicted octanol–water partition coefficient (Wildman–Crippen LogP) is 3.95. The average molecular weight is 378 g/mol. The highest BCUT2D eigenvalue weighted by Crippen LogP contribution is 2.27. The van der Waals surface area contributed by atoms with Crippen LogP contribution in [0.25, 0.3) is 0 Å². The lowest BCUT2D eigenvalue weighted by Gasteiger charge is -2.33. The molecule has 2 heterocycles. The molecule has 6 heteroatoms. The molecule has 0 spiro atoms. The molecule has 2 amide bonds. The molecule has 3 rings (SSSR count). The normalized spacial score (nSPS) is 21.7. The summed E-state index contributed by atoms with van der Waals surface area (Å²) >= 11 is 1.79. The Hall–Kier alpha value is -1.24. The van der Waals surface area contributed by atoms with Crippen molar-refractivity contribution in [3.63, 3.8) is 0 Å². The molecule has 0 unspecified atom stereocenters. The molecule has 0 bridgehead atoms. The fourth-order valence-corrected chi connectivity index (χ4v) is 4.46. The summed E-state index contributed by atoms with van der Waals surface area (Å²) in [5.41, 5.74) is 0.902. The van der Waals surface area contributed by atoms with Crippen LogP contribution in [-0.2, 0) is 4.74 Å². The van der Waals surface area contributed by atoms with Crippen LogP contribution in [0, 0.1) is 0 Å². The van der Waals surface area contributed by atoms with E-state index in [0.29, 0.717) is 6.10 Å². The number of ether oxygens (including phenoxy) is 1. The topological polar surface area (TPSA) is 53.6 Å². The quantitative estimate of drug-likeness (QED) is 0.707. The van der Waals surface area contributed by atoms with E-state index in [0.717, 1.165) is 61.8 Å². The highest BCUT2D eigenvalue weighted by molar-refractivity contribution is 7.99. The number of rotatable bonds is 7. The van der Waals surface area contributed by atoms with Crippen LogP contribution in [0.5, 0.6) is 0 Å². The lowest BCUT2D eigenvalue weighted by molar-refractivity contribution is 0.0633. The number of anilines is 1. The third-order valence-electron chi connectivity index (χ3n) is 5.01. The first kappa shape index (κ1) is 19.5. The van der Waals surface area contributed by atoms with Crippen molar-refractivity contribution in [1.29, 1.82) is 0 Å². The number of carbonyl (C=O) groups is 1. The molecule has 1 atom stereocenters. The summed E-state index contributed by atoms with van der Waals surface area (Å²) in [6, 6.07) is 8.19. The fourth-order valence-electron chi connectivity index (χ4n) is 3.59. The van der Waals surface area contributed by atoms with Crippen molar-refractivity contribution in [2.24, 2.45) is 0 Å². The zero-order chi connectivity index (χ0) is 18.2. The number of nitrogens with zero attached hydrogens (tertiary/aromatic N) is 1. The summed E-state index contributed by atoms with van der Waals surface area (Å²) in [5, 5.41) is 6.18. The van der Waals surface area contributed by atoms with Crippen LogP contribution < -0.4 is 10.6 Å². The van der Waals surface area contributed by atoms with Gasteiger partial charge in [-0.05, 0) is 50.0 Å². The highest BCUT2D eigenvalue weighted by atomic mass is 32.2. The van der Waals surface area contributed by atoms with Gasteiger partial charge in [-0.25, -0.2) is 4.79 Å². The largest absolute Gasteiger partial charge is 0.377 e. The second-order valence-corrected chi connectivity index (χ2v) is 8.29. The molecule has 144 valence electrons. The number of hydrogen-bond donors (Lipinski definition) is 2. The summed E-state index contributed by atoms with van der Waals surface area (Å²) in [7, 11) is 0. The van der Waals surface area contributed by atoms with E-state index < -0.39 is 0 Å². The van der Waals surface area contributed by atoms with E-state index in [1.807, 2.05) is 18.2 Å². The van der Waals surface area contributed by atoms with Gasteiger partial charge in [-0.15, -0.1) is 11.8 Å². The number of nitrogens with one attached hydrogen (secondary N) is 2. The number of urea groups is 1. The van der Waals surface area contributed by atoms with Crippen LogP contribution in [0.15, 0.2) is 29.2 Å². The zero-order valence-corrected chi connectivity index (χ0v) is 16.5. The Kier molecular flexibility index (Phi) is 7.65. The van der Waals surface area contributed by atoms with Crippen molar-refractivity contribution >= 4 is 23.5 Å². The first-order valence-corrected chi connectivity index (χ1v) is 10.9. The number of piperidine rings is 1. The summed E-state index contributed by atoms with van der Waals surface area (Å²) in [4.78, 5) is 16.0. The van der Waals surface area contributed by atoms with Crippen molar-refractivity contribution in [3.8, 4) is 0 Å². The maximum absolute atomic E-state index is 12.4. The number of amides is 2. The SMILES string of the molecule is CCCSc1ccccc1NC(=O)NC1CCN(C[C@H]2CCCO2)CC1. The Bertz CT molecular complexity index is 570. The molecule has 0 aliphatic carbocycles.